The Morgan fingerprint density at radius 3 is 2.84 bits per heavy atom. The van der Waals surface area contributed by atoms with Crippen LogP contribution >= 0.6 is 0 Å². The zero-order valence-corrected chi connectivity index (χ0v) is 11.6. The topological polar surface area (TPSA) is 80.7 Å². The molecule has 1 N–H and O–H groups in total. The number of morpholine rings is 1. The van der Waals surface area contributed by atoms with Gasteiger partial charge in [-0.1, -0.05) is 13.8 Å². The van der Waals surface area contributed by atoms with Crippen molar-refractivity contribution in [3.63, 3.8) is 0 Å². The second-order valence-electron chi connectivity index (χ2n) is 3.40. The third kappa shape index (κ3) is 4.74. The lowest BCUT2D eigenvalue weighted by molar-refractivity contribution is -0.759. The second-order valence-corrected chi connectivity index (χ2v) is 3.40. The number of rotatable bonds is 3. The maximum atomic E-state index is 11.1. The summed E-state index contributed by atoms with van der Waals surface area (Å²) in [5.41, 5.74) is 0. The Morgan fingerprint density at radius 2 is 2.21 bits per heavy atom. The Kier molecular flexibility index (Phi) is 6.65. The Morgan fingerprint density at radius 1 is 1.53 bits per heavy atom. The predicted molar refractivity (Wildman–Crippen MR) is 67.5 cm³/mol. The summed E-state index contributed by atoms with van der Waals surface area (Å²) < 4.78 is 14.9. The zero-order valence-electron chi connectivity index (χ0n) is 11.6. The van der Waals surface area contributed by atoms with Gasteiger partial charge in [0.05, 0.1) is 37.7 Å². The van der Waals surface area contributed by atoms with E-state index in [0.717, 1.165) is 13.1 Å². The third-order valence-electron chi connectivity index (χ3n) is 2.23. The maximum absolute atomic E-state index is 11.1. The van der Waals surface area contributed by atoms with Crippen LogP contribution in [-0.4, -0.2) is 44.3 Å². The van der Waals surface area contributed by atoms with E-state index in [9.17, 15) is 4.79 Å². The number of carbonyl (C=O) groups excluding carboxylic acids is 1. The van der Waals surface area contributed by atoms with Crippen molar-refractivity contribution in [2.45, 2.75) is 20.8 Å². The number of aromatic nitrogens is 2. The molecule has 0 saturated carbocycles. The van der Waals surface area contributed by atoms with Crippen LogP contribution in [0.3, 0.4) is 0 Å². The van der Waals surface area contributed by atoms with Gasteiger partial charge in [0.15, 0.2) is 0 Å². The Balaban J connectivity index is 0.000000861. The van der Waals surface area contributed by atoms with Gasteiger partial charge < -0.3 is 9.47 Å². The van der Waals surface area contributed by atoms with Gasteiger partial charge in [0.2, 0.25) is 5.27 Å². The molecule has 1 saturated heterocycles. The maximum Gasteiger partial charge on any atom is 0.414 e. The first kappa shape index (κ1) is 15.2. The number of ether oxygens (including phenoxy) is 2. The fourth-order valence-electron chi connectivity index (χ4n) is 1.45. The van der Waals surface area contributed by atoms with Crippen molar-refractivity contribution in [2.24, 2.45) is 0 Å². The normalized spacial score (nSPS) is 14.4. The van der Waals surface area contributed by atoms with Crippen molar-refractivity contribution in [3.05, 3.63) is 6.20 Å². The van der Waals surface area contributed by atoms with E-state index in [1.54, 1.807) is 17.9 Å². The lowest BCUT2D eigenvalue weighted by Crippen LogP contribution is -2.62. The molecule has 1 aliphatic rings. The molecule has 8 nitrogen and oxygen atoms in total. The van der Waals surface area contributed by atoms with E-state index in [-0.39, 0.29) is 5.88 Å². The molecule has 1 fully saturated rings. The average Bonchev–Trinajstić information content (AvgIpc) is 2.91. The molecule has 1 aromatic heterocycles. The molecule has 0 unspecified atom stereocenters. The highest BCUT2D eigenvalue weighted by Gasteiger charge is 2.23. The molecule has 0 atom stereocenters. The SMILES string of the molecule is CC.CCOC(=O)Nc1c[n+](N2CCOCC2)no1. The summed E-state index contributed by atoms with van der Waals surface area (Å²) in [6, 6.07) is 0. The molecule has 0 radical (unpaired) electrons. The summed E-state index contributed by atoms with van der Waals surface area (Å²) in [6.45, 7) is 8.81. The third-order valence-corrected chi connectivity index (χ3v) is 2.23. The summed E-state index contributed by atoms with van der Waals surface area (Å²) in [6.07, 6.45) is 1.03. The van der Waals surface area contributed by atoms with Crippen molar-refractivity contribution in [1.29, 1.82) is 0 Å². The van der Waals surface area contributed by atoms with Crippen LogP contribution < -0.4 is 15.1 Å². The molecule has 0 bridgehead atoms. The number of nitrogens with one attached hydrogen (secondary N) is 1. The fraction of sp³-hybridized carbons (Fsp3) is 0.727. The van der Waals surface area contributed by atoms with E-state index in [0.29, 0.717) is 19.8 Å². The van der Waals surface area contributed by atoms with Gasteiger partial charge in [-0.2, -0.15) is 0 Å². The van der Waals surface area contributed by atoms with Crippen molar-refractivity contribution in [3.8, 4) is 0 Å². The highest BCUT2D eigenvalue weighted by atomic mass is 16.6. The first-order chi connectivity index (χ1) is 9.29. The monoisotopic (exact) mass is 273 g/mol. The standard InChI is InChI=1S/C9H14N4O4.C2H6/c1-2-16-9(14)10-8-7-13(11-17-8)12-3-5-15-6-4-12;1-2/h7H,2-6H2,1H3;1-2H3/p+1. The van der Waals surface area contributed by atoms with Gasteiger partial charge in [-0.15, -0.1) is 5.01 Å². The molecule has 0 spiro atoms. The van der Waals surface area contributed by atoms with Gasteiger partial charge in [-0.3, -0.25) is 9.84 Å². The van der Waals surface area contributed by atoms with Crippen LogP contribution in [0.1, 0.15) is 20.8 Å². The minimum Gasteiger partial charge on any atom is -0.450 e. The predicted octanol–water partition coefficient (Wildman–Crippen LogP) is 0.525. The molecule has 2 rings (SSSR count). The largest absolute Gasteiger partial charge is 0.450 e. The number of anilines is 1. The molecule has 0 aliphatic carbocycles. The summed E-state index contributed by atoms with van der Waals surface area (Å²) in [4.78, 5) is 12.7. The number of hydrogen-bond donors (Lipinski definition) is 1. The van der Waals surface area contributed by atoms with Gasteiger partial charge in [0.1, 0.15) is 0 Å². The van der Waals surface area contributed by atoms with E-state index < -0.39 is 6.09 Å². The van der Waals surface area contributed by atoms with E-state index in [1.807, 2.05) is 18.9 Å². The van der Waals surface area contributed by atoms with Crippen LogP contribution in [0, 0.1) is 0 Å². The minimum absolute atomic E-state index is 0.245. The molecule has 8 heteroatoms. The molecule has 1 amide bonds. The Labute approximate surface area is 112 Å². The molecule has 19 heavy (non-hydrogen) atoms. The van der Waals surface area contributed by atoms with Crippen LogP contribution in [0.15, 0.2) is 10.7 Å². The zero-order chi connectivity index (χ0) is 14.1. The summed E-state index contributed by atoms with van der Waals surface area (Å²) in [5, 5.41) is 8.18. The molecule has 2 heterocycles. The van der Waals surface area contributed by atoms with Crippen LogP contribution in [0.5, 0.6) is 0 Å². The first-order valence-corrected chi connectivity index (χ1v) is 6.45. The number of carbonyl (C=O) groups is 1. The number of amides is 1. The first-order valence-electron chi connectivity index (χ1n) is 6.45. The van der Waals surface area contributed by atoms with E-state index >= 15 is 0 Å². The van der Waals surface area contributed by atoms with Gasteiger partial charge in [0, 0.05) is 0 Å². The average molecular weight is 273 g/mol. The van der Waals surface area contributed by atoms with E-state index in [4.69, 9.17) is 14.0 Å². The number of nitrogens with zero attached hydrogens (tertiary/aromatic N) is 3. The van der Waals surface area contributed by atoms with Crippen molar-refractivity contribution in [2.75, 3.05) is 43.2 Å². The quantitative estimate of drug-likeness (QED) is 0.809. The molecular weight excluding hydrogens is 252 g/mol. The van der Waals surface area contributed by atoms with Crippen molar-refractivity contribution >= 4 is 12.0 Å². The van der Waals surface area contributed by atoms with Crippen molar-refractivity contribution < 1.29 is 23.6 Å². The lowest BCUT2D eigenvalue weighted by Gasteiger charge is -2.18. The fourth-order valence-corrected chi connectivity index (χ4v) is 1.45. The molecule has 1 aliphatic heterocycles. The van der Waals surface area contributed by atoms with Gasteiger partial charge in [0.25, 0.3) is 6.20 Å². The van der Waals surface area contributed by atoms with E-state index in [1.165, 1.54) is 0 Å². The molecule has 0 aromatic carbocycles. The summed E-state index contributed by atoms with van der Waals surface area (Å²) in [5.74, 6) is 0.245. The Hall–Kier alpha value is -1.83. The Bertz CT molecular complexity index is 377. The van der Waals surface area contributed by atoms with Gasteiger partial charge >= 0.3 is 12.0 Å². The van der Waals surface area contributed by atoms with Gasteiger partial charge in [-0.25, -0.2) is 4.79 Å². The second kappa shape index (κ2) is 8.30. The van der Waals surface area contributed by atoms with Crippen LogP contribution in [0.2, 0.25) is 0 Å². The summed E-state index contributed by atoms with van der Waals surface area (Å²) >= 11 is 0. The highest BCUT2D eigenvalue weighted by molar-refractivity contribution is 5.82. The van der Waals surface area contributed by atoms with Crippen LogP contribution in [-0.2, 0) is 9.47 Å². The highest BCUT2D eigenvalue weighted by Crippen LogP contribution is 2.01. The minimum atomic E-state index is -0.558. The lowest BCUT2D eigenvalue weighted by atomic mass is 10.5. The van der Waals surface area contributed by atoms with E-state index in [2.05, 4.69) is 10.6 Å². The number of hydrogen-bond acceptors (Lipinski definition) is 6. The van der Waals surface area contributed by atoms with Crippen LogP contribution in [0.4, 0.5) is 10.7 Å². The molecule has 108 valence electrons. The smallest absolute Gasteiger partial charge is 0.414 e. The van der Waals surface area contributed by atoms with Crippen molar-refractivity contribution in [1.82, 2.24) is 5.27 Å². The van der Waals surface area contributed by atoms with Gasteiger partial charge in [-0.05, 0) is 6.92 Å². The summed E-state index contributed by atoms with van der Waals surface area (Å²) in [7, 11) is 0. The van der Waals surface area contributed by atoms with Crippen LogP contribution in [0.25, 0.3) is 0 Å². The molecule has 1 aromatic rings. The molecular formula is C11H21N4O4+.